The fourth-order valence-corrected chi connectivity index (χ4v) is 3.18. The van der Waals surface area contributed by atoms with Crippen molar-refractivity contribution >= 4 is 28.6 Å². The number of thiophene rings is 1. The zero-order valence-electron chi connectivity index (χ0n) is 13.1. The van der Waals surface area contributed by atoms with Crippen molar-refractivity contribution in [2.24, 2.45) is 0 Å². The normalized spacial score (nSPS) is 10.3. The van der Waals surface area contributed by atoms with E-state index in [0.29, 0.717) is 13.1 Å². The van der Waals surface area contributed by atoms with Gasteiger partial charge in [0.25, 0.3) is 11.6 Å². The fraction of sp³-hybridized carbons (Fsp3) is 0.312. The molecule has 0 spiro atoms. The van der Waals surface area contributed by atoms with Crippen molar-refractivity contribution in [1.82, 2.24) is 5.32 Å². The summed E-state index contributed by atoms with van der Waals surface area (Å²) in [6.07, 6.45) is 0.936. The van der Waals surface area contributed by atoms with Crippen molar-refractivity contribution in [3.05, 3.63) is 55.8 Å². The van der Waals surface area contributed by atoms with Crippen LogP contribution >= 0.6 is 11.3 Å². The van der Waals surface area contributed by atoms with Crippen molar-refractivity contribution in [1.29, 1.82) is 0 Å². The summed E-state index contributed by atoms with van der Waals surface area (Å²) in [5.41, 5.74) is 2.00. The van der Waals surface area contributed by atoms with Crippen LogP contribution in [0.25, 0.3) is 0 Å². The number of benzene rings is 1. The molecule has 2 N–H and O–H groups in total. The number of hydrogen-bond acceptors (Lipinski definition) is 5. The minimum atomic E-state index is -0.433. The molecule has 0 fully saturated rings. The number of nitrogens with zero attached hydrogens (tertiary/aromatic N) is 1. The quantitative estimate of drug-likeness (QED) is 0.462. The van der Waals surface area contributed by atoms with E-state index >= 15 is 0 Å². The number of carbonyl (C=O) groups is 1. The topological polar surface area (TPSA) is 84.3 Å². The number of nitro groups is 1. The monoisotopic (exact) mass is 333 g/mol. The molecule has 1 amide bonds. The molecule has 1 heterocycles. The lowest BCUT2D eigenvalue weighted by Gasteiger charge is -2.07. The van der Waals surface area contributed by atoms with Crippen LogP contribution < -0.4 is 10.6 Å². The van der Waals surface area contributed by atoms with Gasteiger partial charge in [-0.3, -0.25) is 14.9 Å². The second-order valence-corrected chi connectivity index (χ2v) is 6.19. The third kappa shape index (κ3) is 4.53. The molecule has 23 heavy (non-hydrogen) atoms. The second-order valence-electron chi connectivity index (χ2n) is 5.06. The molecule has 2 rings (SSSR count). The van der Waals surface area contributed by atoms with Crippen LogP contribution in [0, 0.1) is 17.0 Å². The van der Waals surface area contributed by atoms with E-state index in [4.69, 9.17) is 0 Å². The van der Waals surface area contributed by atoms with Gasteiger partial charge in [-0.05, 0) is 37.1 Å². The standard InChI is InChI=1S/C16H19N3O3S/c1-3-14-11(2)10-15(23-14)16(20)18-9-8-17-12-4-6-13(7-5-12)19(21)22/h4-7,10,17H,3,8-9H2,1-2H3,(H,18,20). The molecular formula is C16H19N3O3S. The third-order valence-corrected chi connectivity index (χ3v) is 4.76. The van der Waals surface area contributed by atoms with Gasteiger partial charge in [0, 0.05) is 35.8 Å². The van der Waals surface area contributed by atoms with Crippen LogP contribution in [-0.2, 0) is 6.42 Å². The zero-order valence-corrected chi connectivity index (χ0v) is 13.9. The highest BCUT2D eigenvalue weighted by Gasteiger charge is 2.11. The first-order chi connectivity index (χ1) is 11.0. The van der Waals surface area contributed by atoms with Crippen LogP contribution in [0.15, 0.2) is 30.3 Å². The Morgan fingerprint density at radius 1 is 1.26 bits per heavy atom. The van der Waals surface area contributed by atoms with E-state index in [1.807, 2.05) is 13.0 Å². The summed E-state index contributed by atoms with van der Waals surface area (Å²) >= 11 is 1.53. The average molecular weight is 333 g/mol. The van der Waals surface area contributed by atoms with Crippen molar-refractivity contribution in [2.45, 2.75) is 20.3 Å². The molecule has 2 aromatic rings. The highest BCUT2D eigenvalue weighted by Crippen LogP contribution is 2.22. The van der Waals surface area contributed by atoms with Crippen LogP contribution in [0.1, 0.15) is 27.0 Å². The van der Waals surface area contributed by atoms with Gasteiger partial charge in [0.2, 0.25) is 0 Å². The molecule has 1 aromatic carbocycles. The van der Waals surface area contributed by atoms with E-state index in [1.54, 1.807) is 12.1 Å². The summed E-state index contributed by atoms with van der Waals surface area (Å²) in [5.74, 6) is -0.0664. The van der Waals surface area contributed by atoms with Crippen LogP contribution in [0.5, 0.6) is 0 Å². The number of hydrogen-bond donors (Lipinski definition) is 2. The molecular weight excluding hydrogens is 314 g/mol. The highest BCUT2D eigenvalue weighted by atomic mass is 32.1. The van der Waals surface area contributed by atoms with Crippen LogP contribution in [0.2, 0.25) is 0 Å². The molecule has 0 saturated heterocycles. The number of nitrogens with one attached hydrogen (secondary N) is 2. The zero-order chi connectivity index (χ0) is 16.8. The van der Waals surface area contributed by atoms with Gasteiger partial charge in [-0.2, -0.15) is 0 Å². The van der Waals surface area contributed by atoms with E-state index in [-0.39, 0.29) is 11.6 Å². The Bertz CT molecular complexity index is 695. The first kappa shape index (κ1) is 17.0. The molecule has 0 aliphatic carbocycles. The maximum Gasteiger partial charge on any atom is 0.269 e. The van der Waals surface area contributed by atoms with E-state index in [1.165, 1.54) is 28.3 Å². The predicted octanol–water partition coefficient (Wildman–Crippen LogP) is 3.37. The summed E-state index contributed by atoms with van der Waals surface area (Å²) in [5, 5.41) is 16.5. The number of aryl methyl sites for hydroxylation is 2. The molecule has 0 saturated carbocycles. The van der Waals surface area contributed by atoms with Crippen molar-refractivity contribution in [3.8, 4) is 0 Å². The van der Waals surface area contributed by atoms with Crippen LogP contribution in [0.3, 0.4) is 0 Å². The van der Waals surface area contributed by atoms with E-state index in [0.717, 1.165) is 22.5 Å². The Labute approximate surface area is 138 Å². The van der Waals surface area contributed by atoms with E-state index in [2.05, 4.69) is 17.6 Å². The van der Waals surface area contributed by atoms with Gasteiger partial charge in [-0.1, -0.05) is 6.92 Å². The summed E-state index contributed by atoms with van der Waals surface area (Å²) in [6.45, 7) is 5.12. The van der Waals surface area contributed by atoms with Crippen LogP contribution in [0.4, 0.5) is 11.4 Å². The Morgan fingerprint density at radius 2 is 1.96 bits per heavy atom. The van der Waals surface area contributed by atoms with Gasteiger partial charge in [0.15, 0.2) is 0 Å². The predicted molar refractivity (Wildman–Crippen MR) is 92.4 cm³/mol. The maximum absolute atomic E-state index is 12.1. The SMILES string of the molecule is CCc1sc(C(=O)NCCNc2ccc([N+](=O)[O-])cc2)cc1C. The molecule has 0 aliphatic heterocycles. The molecule has 6 nitrogen and oxygen atoms in total. The fourth-order valence-electron chi connectivity index (χ4n) is 2.15. The summed E-state index contributed by atoms with van der Waals surface area (Å²) < 4.78 is 0. The van der Waals surface area contributed by atoms with Gasteiger partial charge < -0.3 is 10.6 Å². The van der Waals surface area contributed by atoms with Gasteiger partial charge in [-0.25, -0.2) is 0 Å². The number of anilines is 1. The van der Waals surface area contributed by atoms with Gasteiger partial charge in [0.1, 0.15) is 0 Å². The summed E-state index contributed by atoms with van der Waals surface area (Å²) in [4.78, 5) is 24.2. The van der Waals surface area contributed by atoms with Gasteiger partial charge >= 0.3 is 0 Å². The number of carbonyl (C=O) groups excluding carboxylic acids is 1. The molecule has 0 radical (unpaired) electrons. The lowest BCUT2D eigenvalue weighted by Crippen LogP contribution is -2.28. The number of nitro benzene ring substituents is 1. The van der Waals surface area contributed by atoms with Crippen LogP contribution in [-0.4, -0.2) is 23.9 Å². The highest BCUT2D eigenvalue weighted by molar-refractivity contribution is 7.14. The number of amides is 1. The molecule has 0 aliphatic rings. The molecule has 122 valence electrons. The maximum atomic E-state index is 12.1. The average Bonchev–Trinajstić information content (AvgIpc) is 2.93. The Hall–Kier alpha value is -2.41. The van der Waals surface area contributed by atoms with Gasteiger partial charge in [0.05, 0.1) is 9.80 Å². The minimum Gasteiger partial charge on any atom is -0.383 e. The molecule has 7 heteroatoms. The first-order valence-corrected chi connectivity index (χ1v) is 8.18. The molecule has 0 bridgehead atoms. The van der Waals surface area contributed by atoms with Gasteiger partial charge in [-0.15, -0.1) is 11.3 Å². The molecule has 1 aromatic heterocycles. The van der Waals surface area contributed by atoms with Crippen molar-refractivity contribution in [3.63, 3.8) is 0 Å². The molecule has 0 atom stereocenters. The van der Waals surface area contributed by atoms with Crippen molar-refractivity contribution < 1.29 is 9.72 Å². The Morgan fingerprint density at radius 3 is 2.52 bits per heavy atom. The number of rotatable bonds is 7. The summed E-state index contributed by atoms with van der Waals surface area (Å²) in [7, 11) is 0. The second kappa shape index (κ2) is 7.73. The lowest BCUT2D eigenvalue weighted by atomic mass is 10.2. The first-order valence-electron chi connectivity index (χ1n) is 7.37. The third-order valence-electron chi connectivity index (χ3n) is 3.38. The van der Waals surface area contributed by atoms with E-state index < -0.39 is 4.92 Å². The number of non-ortho nitro benzene ring substituents is 1. The summed E-state index contributed by atoms with van der Waals surface area (Å²) in [6, 6.07) is 8.11. The Kier molecular flexibility index (Phi) is 5.70. The lowest BCUT2D eigenvalue weighted by molar-refractivity contribution is -0.384. The van der Waals surface area contributed by atoms with E-state index in [9.17, 15) is 14.9 Å². The molecule has 0 unspecified atom stereocenters. The smallest absolute Gasteiger partial charge is 0.269 e. The largest absolute Gasteiger partial charge is 0.383 e. The Balaban J connectivity index is 1.78. The van der Waals surface area contributed by atoms with Crippen molar-refractivity contribution in [2.75, 3.05) is 18.4 Å². The minimum absolute atomic E-state index is 0.0589.